The van der Waals surface area contributed by atoms with Gasteiger partial charge < -0.3 is 4.57 Å². The van der Waals surface area contributed by atoms with Gasteiger partial charge >= 0.3 is 0 Å². The Bertz CT molecular complexity index is 2130. The van der Waals surface area contributed by atoms with Gasteiger partial charge in [-0.1, -0.05) is 152 Å². The maximum absolute atomic E-state index is 5.25. The first-order valence-corrected chi connectivity index (χ1v) is 14.8. The lowest BCUT2D eigenvalue weighted by Crippen LogP contribution is -2.14. The number of para-hydroxylation sites is 2. The van der Waals surface area contributed by atoms with Crippen LogP contribution in [0.5, 0.6) is 0 Å². The maximum Gasteiger partial charge on any atom is 0.199 e. The molecule has 1 fully saturated rings. The van der Waals surface area contributed by atoms with Crippen molar-refractivity contribution in [1.29, 1.82) is 0 Å². The Morgan fingerprint density at radius 3 is 1.79 bits per heavy atom. The van der Waals surface area contributed by atoms with Gasteiger partial charge in [0.1, 0.15) is 0 Å². The second-order valence-electron chi connectivity index (χ2n) is 11.2. The Morgan fingerprint density at radius 2 is 1.05 bits per heavy atom. The van der Waals surface area contributed by atoms with Crippen LogP contribution in [0.15, 0.2) is 163 Å². The molecule has 0 spiro atoms. The third-order valence-corrected chi connectivity index (χ3v) is 8.76. The Balaban J connectivity index is 1.23. The average Bonchev–Trinajstić information content (AvgIpc) is 3.50. The number of fused-ring (bicyclic) bond motifs is 4. The highest BCUT2D eigenvalue weighted by Crippen LogP contribution is 2.54. The molecule has 0 aliphatic carbocycles. The maximum atomic E-state index is 5.25. The summed E-state index contributed by atoms with van der Waals surface area (Å²) >= 11 is 0. The van der Waals surface area contributed by atoms with Crippen molar-refractivity contribution in [2.24, 2.45) is 4.99 Å². The minimum absolute atomic E-state index is 0.00468. The van der Waals surface area contributed by atoms with Crippen LogP contribution >= 0.6 is 0 Å². The van der Waals surface area contributed by atoms with E-state index >= 15 is 0 Å². The zero-order valence-corrected chi connectivity index (χ0v) is 23.5. The van der Waals surface area contributed by atoms with Crippen LogP contribution in [0.2, 0.25) is 0 Å². The van der Waals surface area contributed by atoms with Gasteiger partial charge in [0.05, 0.1) is 11.0 Å². The molecule has 0 radical (unpaired) electrons. The molecule has 4 heteroatoms. The number of hydrazine groups is 1. The van der Waals surface area contributed by atoms with Crippen LogP contribution < -0.4 is 0 Å². The van der Waals surface area contributed by atoms with E-state index in [9.17, 15) is 0 Å². The summed E-state index contributed by atoms with van der Waals surface area (Å²) in [7, 11) is 0. The van der Waals surface area contributed by atoms with E-state index in [1.165, 1.54) is 49.6 Å². The quantitative estimate of drug-likeness (QED) is 0.199. The SMILES string of the molecule is c1ccc(C2=NC(c3ccccc3)N3C(n4c5ccccc5c5cccc(-c6ccc(-c7ccccc7)cc6)c54)N23)cc1. The summed E-state index contributed by atoms with van der Waals surface area (Å²) < 4.78 is 2.53. The number of hydrogen-bond donors (Lipinski definition) is 0. The van der Waals surface area contributed by atoms with E-state index in [2.05, 4.69) is 172 Å². The van der Waals surface area contributed by atoms with Gasteiger partial charge in [-0.2, -0.15) is 0 Å². The van der Waals surface area contributed by atoms with Gasteiger partial charge in [-0.15, -0.1) is 5.01 Å². The molecule has 43 heavy (non-hydrogen) atoms. The molecule has 0 N–H and O–H groups in total. The highest BCUT2D eigenvalue weighted by atomic mass is 16.0. The highest BCUT2D eigenvalue weighted by molar-refractivity contribution is 6.13. The third kappa shape index (κ3) is 3.77. The van der Waals surface area contributed by atoms with Crippen LogP contribution in [-0.2, 0) is 0 Å². The van der Waals surface area contributed by atoms with E-state index in [0.717, 1.165) is 11.4 Å². The van der Waals surface area contributed by atoms with Crippen LogP contribution in [0.3, 0.4) is 0 Å². The zero-order valence-electron chi connectivity index (χ0n) is 23.5. The molecular weight excluding hydrogens is 524 g/mol. The monoisotopic (exact) mass is 552 g/mol. The summed E-state index contributed by atoms with van der Waals surface area (Å²) in [6.45, 7) is 0. The fraction of sp³-hybridized carbons (Fsp3) is 0.0513. The standard InChI is InChI=1S/C39H28N4/c1-4-13-27(14-5-1)28-23-25-29(26-24-28)32-20-12-21-34-33-19-10-11-22-35(33)41(36(32)34)39-42-37(30-15-6-2-7-16-30)40-38(43(39)42)31-17-8-3-9-18-31/h1-26,37,39H. The molecule has 6 aromatic carbocycles. The summed E-state index contributed by atoms with van der Waals surface area (Å²) in [6.07, 6.45) is -0.0833. The van der Waals surface area contributed by atoms with E-state index in [4.69, 9.17) is 4.99 Å². The summed E-state index contributed by atoms with van der Waals surface area (Å²) in [6, 6.07) is 56.3. The summed E-state index contributed by atoms with van der Waals surface area (Å²) in [4.78, 5) is 5.25. The predicted molar refractivity (Wildman–Crippen MR) is 175 cm³/mol. The van der Waals surface area contributed by atoms with E-state index in [1.807, 2.05) is 0 Å². The van der Waals surface area contributed by atoms with E-state index in [1.54, 1.807) is 0 Å². The number of aliphatic imine (C=N–C) groups is 1. The van der Waals surface area contributed by atoms with Crippen molar-refractivity contribution in [3.63, 3.8) is 0 Å². The van der Waals surface area contributed by atoms with Gasteiger partial charge in [-0.25, -0.2) is 10.0 Å². The number of rotatable bonds is 5. The first kappa shape index (κ1) is 24.2. The normalized spacial score (nSPS) is 19.0. The van der Waals surface area contributed by atoms with Crippen LogP contribution in [0.1, 0.15) is 23.6 Å². The molecule has 3 atom stereocenters. The molecule has 0 saturated carbocycles. The lowest BCUT2D eigenvalue weighted by Gasteiger charge is -2.15. The van der Waals surface area contributed by atoms with E-state index < -0.39 is 0 Å². The number of nitrogens with zero attached hydrogens (tertiary/aromatic N) is 4. The van der Waals surface area contributed by atoms with Gasteiger partial charge in [0.15, 0.2) is 18.3 Å². The first-order chi connectivity index (χ1) is 21.4. The zero-order chi connectivity index (χ0) is 28.3. The lowest BCUT2D eigenvalue weighted by atomic mass is 9.98. The van der Waals surface area contributed by atoms with Crippen molar-refractivity contribution in [1.82, 2.24) is 14.6 Å². The van der Waals surface area contributed by atoms with Gasteiger partial charge in [0.2, 0.25) is 0 Å². The van der Waals surface area contributed by atoms with Crippen LogP contribution in [0.25, 0.3) is 44.1 Å². The molecule has 2 aliphatic heterocycles. The summed E-state index contributed by atoms with van der Waals surface area (Å²) in [5, 5.41) is 7.32. The van der Waals surface area contributed by atoms with Gasteiger partial charge in [0.25, 0.3) is 0 Å². The molecule has 1 saturated heterocycles. The van der Waals surface area contributed by atoms with E-state index in [-0.39, 0.29) is 12.5 Å². The molecule has 0 bridgehead atoms. The molecule has 2 aliphatic rings. The van der Waals surface area contributed by atoms with Crippen molar-refractivity contribution in [2.45, 2.75) is 12.5 Å². The Labute approximate surface area is 250 Å². The lowest BCUT2D eigenvalue weighted by molar-refractivity contribution is 0.331. The molecule has 9 rings (SSSR count). The number of amidine groups is 1. The Morgan fingerprint density at radius 1 is 0.465 bits per heavy atom. The van der Waals surface area contributed by atoms with Crippen molar-refractivity contribution < 1.29 is 0 Å². The van der Waals surface area contributed by atoms with Gasteiger partial charge in [0, 0.05) is 21.9 Å². The first-order valence-electron chi connectivity index (χ1n) is 14.8. The molecular formula is C39H28N4. The molecule has 1 aromatic heterocycles. The van der Waals surface area contributed by atoms with Crippen molar-refractivity contribution >= 4 is 27.6 Å². The number of aromatic nitrogens is 1. The number of benzene rings is 6. The molecule has 0 amide bonds. The Kier molecular flexibility index (Phi) is 5.37. The largest absolute Gasteiger partial charge is 0.303 e. The van der Waals surface area contributed by atoms with Crippen LogP contribution in [0.4, 0.5) is 0 Å². The smallest absolute Gasteiger partial charge is 0.199 e. The topological polar surface area (TPSA) is 23.3 Å². The fourth-order valence-corrected chi connectivity index (χ4v) is 6.74. The van der Waals surface area contributed by atoms with Crippen LogP contribution in [-0.4, -0.2) is 20.4 Å². The van der Waals surface area contributed by atoms with Gasteiger partial charge in [-0.3, -0.25) is 0 Å². The van der Waals surface area contributed by atoms with E-state index in [0.29, 0.717) is 0 Å². The average molecular weight is 553 g/mol. The van der Waals surface area contributed by atoms with Crippen molar-refractivity contribution in [2.75, 3.05) is 0 Å². The molecule has 3 heterocycles. The Hall–Kier alpha value is -5.45. The second kappa shape index (κ2) is 9.55. The minimum Gasteiger partial charge on any atom is -0.303 e. The second-order valence-corrected chi connectivity index (χ2v) is 11.2. The summed E-state index contributed by atoms with van der Waals surface area (Å²) in [5.41, 5.74) is 9.69. The predicted octanol–water partition coefficient (Wildman–Crippen LogP) is 9.28. The molecule has 204 valence electrons. The molecule has 7 aromatic rings. The molecule has 4 nitrogen and oxygen atoms in total. The minimum atomic E-state index is -0.0880. The fourth-order valence-electron chi connectivity index (χ4n) is 6.74. The summed E-state index contributed by atoms with van der Waals surface area (Å²) in [5.74, 6) is 1.01. The van der Waals surface area contributed by atoms with Crippen molar-refractivity contribution in [3.05, 3.63) is 169 Å². The van der Waals surface area contributed by atoms with Crippen LogP contribution in [0, 0.1) is 0 Å². The highest BCUT2D eigenvalue weighted by Gasteiger charge is 2.58. The third-order valence-electron chi connectivity index (χ3n) is 8.76. The number of hydrogen-bond acceptors (Lipinski definition) is 3. The molecule has 3 unspecified atom stereocenters. The van der Waals surface area contributed by atoms with Crippen molar-refractivity contribution in [3.8, 4) is 22.3 Å². The van der Waals surface area contributed by atoms with Gasteiger partial charge in [-0.05, 0) is 28.3 Å².